The van der Waals surface area contributed by atoms with Gasteiger partial charge in [-0.3, -0.25) is 4.79 Å². The molecule has 1 amide bonds. The van der Waals surface area contributed by atoms with Crippen LogP contribution in [0.3, 0.4) is 0 Å². The molecule has 0 aliphatic heterocycles. The van der Waals surface area contributed by atoms with E-state index in [-0.39, 0.29) is 18.3 Å². The van der Waals surface area contributed by atoms with Crippen LogP contribution in [0, 0.1) is 17.3 Å². The van der Waals surface area contributed by atoms with Crippen molar-refractivity contribution in [2.45, 2.75) is 19.9 Å². The molecule has 0 bridgehead atoms. The van der Waals surface area contributed by atoms with Gasteiger partial charge in [0.15, 0.2) is 0 Å². The SMILES string of the molecule is CC(C)N(CC#N)C(=O)c1cccc(F)n1. The topological polar surface area (TPSA) is 57.0 Å². The average Bonchev–Trinajstić information content (AvgIpc) is 2.24. The molecule has 4 nitrogen and oxygen atoms in total. The van der Waals surface area contributed by atoms with E-state index in [1.165, 1.54) is 23.1 Å². The molecule has 0 saturated carbocycles. The smallest absolute Gasteiger partial charge is 0.273 e. The summed E-state index contributed by atoms with van der Waals surface area (Å²) in [5, 5.41) is 8.60. The minimum Gasteiger partial charge on any atom is -0.322 e. The second-order valence-corrected chi connectivity index (χ2v) is 3.53. The molecule has 0 fully saturated rings. The maximum absolute atomic E-state index is 12.8. The lowest BCUT2D eigenvalue weighted by molar-refractivity contribution is 0.0724. The molecule has 16 heavy (non-hydrogen) atoms. The second-order valence-electron chi connectivity index (χ2n) is 3.53. The first-order valence-electron chi connectivity index (χ1n) is 4.86. The molecule has 0 N–H and O–H groups in total. The minimum absolute atomic E-state index is 0.0175. The Hall–Kier alpha value is -1.96. The van der Waals surface area contributed by atoms with E-state index >= 15 is 0 Å². The highest BCUT2D eigenvalue weighted by Gasteiger charge is 2.19. The Balaban J connectivity index is 2.95. The third kappa shape index (κ3) is 2.76. The van der Waals surface area contributed by atoms with E-state index in [1.807, 2.05) is 6.07 Å². The fourth-order valence-electron chi connectivity index (χ4n) is 1.24. The molecule has 0 spiro atoms. The van der Waals surface area contributed by atoms with Gasteiger partial charge in [0.25, 0.3) is 5.91 Å². The van der Waals surface area contributed by atoms with Gasteiger partial charge in [-0.05, 0) is 26.0 Å². The van der Waals surface area contributed by atoms with Gasteiger partial charge < -0.3 is 4.90 Å². The van der Waals surface area contributed by atoms with Gasteiger partial charge in [-0.2, -0.15) is 9.65 Å². The van der Waals surface area contributed by atoms with Crippen LogP contribution < -0.4 is 0 Å². The molecular weight excluding hydrogens is 209 g/mol. The molecule has 1 aromatic heterocycles. The zero-order chi connectivity index (χ0) is 12.1. The van der Waals surface area contributed by atoms with E-state index in [0.29, 0.717) is 0 Å². The van der Waals surface area contributed by atoms with Crippen LogP contribution in [0.25, 0.3) is 0 Å². The summed E-state index contributed by atoms with van der Waals surface area (Å²) >= 11 is 0. The first-order chi connectivity index (χ1) is 7.56. The molecule has 0 aliphatic carbocycles. The van der Waals surface area contributed by atoms with Crippen LogP contribution in [0.2, 0.25) is 0 Å². The van der Waals surface area contributed by atoms with Crippen molar-refractivity contribution in [1.82, 2.24) is 9.88 Å². The van der Waals surface area contributed by atoms with Crippen molar-refractivity contribution in [3.63, 3.8) is 0 Å². The van der Waals surface area contributed by atoms with Gasteiger partial charge in [0.1, 0.15) is 12.2 Å². The predicted octanol–water partition coefficient (Wildman–Crippen LogP) is 1.59. The van der Waals surface area contributed by atoms with Gasteiger partial charge in [0.05, 0.1) is 6.07 Å². The monoisotopic (exact) mass is 221 g/mol. The molecule has 1 heterocycles. The lowest BCUT2D eigenvalue weighted by atomic mass is 10.2. The number of halogens is 1. The predicted molar refractivity (Wildman–Crippen MR) is 56.0 cm³/mol. The molecule has 0 aromatic carbocycles. The summed E-state index contributed by atoms with van der Waals surface area (Å²) in [5.41, 5.74) is 0.0175. The van der Waals surface area contributed by atoms with E-state index in [0.717, 1.165) is 0 Å². The fraction of sp³-hybridized carbons (Fsp3) is 0.364. The lowest BCUT2D eigenvalue weighted by Crippen LogP contribution is -2.37. The standard InChI is InChI=1S/C11H12FN3O/c1-8(2)15(7-6-13)11(16)9-4-3-5-10(12)14-9/h3-5,8H,7H2,1-2H3. The van der Waals surface area contributed by atoms with Gasteiger partial charge in [-0.1, -0.05) is 6.07 Å². The number of rotatable bonds is 3. The second kappa shape index (κ2) is 5.21. The molecule has 0 atom stereocenters. The highest BCUT2D eigenvalue weighted by atomic mass is 19.1. The Labute approximate surface area is 93.3 Å². The highest BCUT2D eigenvalue weighted by Crippen LogP contribution is 2.06. The normalized spacial score (nSPS) is 9.94. The first kappa shape index (κ1) is 12.1. The number of carbonyl (C=O) groups excluding carboxylic acids is 1. The average molecular weight is 221 g/mol. The summed E-state index contributed by atoms with van der Waals surface area (Å²) in [6.07, 6.45) is 0. The Morgan fingerprint density at radius 2 is 2.31 bits per heavy atom. The van der Waals surface area contributed by atoms with Gasteiger partial charge in [0.2, 0.25) is 5.95 Å². The van der Waals surface area contributed by atoms with E-state index in [1.54, 1.807) is 13.8 Å². The lowest BCUT2D eigenvalue weighted by Gasteiger charge is -2.23. The number of carbonyl (C=O) groups is 1. The Kier molecular flexibility index (Phi) is 3.95. The molecule has 1 aromatic rings. The maximum Gasteiger partial charge on any atom is 0.273 e. The molecule has 0 aliphatic rings. The number of hydrogen-bond donors (Lipinski definition) is 0. The maximum atomic E-state index is 12.8. The fourth-order valence-corrected chi connectivity index (χ4v) is 1.24. The van der Waals surface area contributed by atoms with Crippen molar-refractivity contribution < 1.29 is 9.18 Å². The van der Waals surface area contributed by atoms with Gasteiger partial charge in [0, 0.05) is 6.04 Å². The van der Waals surface area contributed by atoms with E-state index in [2.05, 4.69) is 4.98 Å². The third-order valence-corrected chi connectivity index (χ3v) is 2.06. The van der Waals surface area contributed by atoms with Crippen LogP contribution in [-0.2, 0) is 0 Å². The number of hydrogen-bond acceptors (Lipinski definition) is 3. The van der Waals surface area contributed by atoms with Crippen LogP contribution in [-0.4, -0.2) is 28.4 Å². The van der Waals surface area contributed by atoms with Crippen molar-refractivity contribution >= 4 is 5.91 Å². The Bertz CT molecular complexity index is 425. The molecular formula is C11H12FN3O. The number of amides is 1. The Morgan fingerprint density at radius 1 is 1.62 bits per heavy atom. The largest absolute Gasteiger partial charge is 0.322 e. The van der Waals surface area contributed by atoms with E-state index in [4.69, 9.17) is 5.26 Å². The summed E-state index contributed by atoms with van der Waals surface area (Å²) in [6, 6.07) is 5.78. The van der Waals surface area contributed by atoms with Crippen molar-refractivity contribution in [3.05, 3.63) is 29.8 Å². The highest BCUT2D eigenvalue weighted by molar-refractivity contribution is 5.92. The quantitative estimate of drug-likeness (QED) is 0.575. The van der Waals surface area contributed by atoms with Crippen LogP contribution >= 0.6 is 0 Å². The van der Waals surface area contributed by atoms with Crippen LogP contribution in [0.15, 0.2) is 18.2 Å². The van der Waals surface area contributed by atoms with Crippen molar-refractivity contribution in [2.75, 3.05) is 6.54 Å². The summed E-state index contributed by atoms with van der Waals surface area (Å²) in [5.74, 6) is -1.14. The summed E-state index contributed by atoms with van der Waals surface area (Å²) in [7, 11) is 0. The number of pyridine rings is 1. The Morgan fingerprint density at radius 3 is 2.81 bits per heavy atom. The van der Waals surface area contributed by atoms with Crippen molar-refractivity contribution in [2.24, 2.45) is 0 Å². The van der Waals surface area contributed by atoms with Gasteiger partial charge in [-0.15, -0.1) is 0 Å². The molecule has 0 unspecified atom stereocenters. The van der Waals surface area contributed by atoms with Crippen LogP contribution in [0.4, 0.5) is 4.39 Å². The third-order valence-electron chi connectivity index (χ3n) is 2.06. The number of nitrogens with zero attached hydrogens (tertiary/aromatic N) is 3. The summed E-state index contributed by atoms with van der Waals surface area (Å²) < 4.78 is 12.8. The van der Waals surface area contributed by atoms with E-state index < -0.39 is 11.9 Å². The molecule has 1 rings (SSSR count). The van der Waals surface area contributed by atoms with Crippen LogP contribution in [0.1, 0.15) is 24.3 Å². The summed E-state index contributed by atoms with van der Waals surface area (Å²) in [6.45, 7) is 3.54. The molecule has 0 saturated heterocycles. The van der Waals surface area contributed by atoms with Crippen LogP contribution in [0.5, 0.6) is 0 Å². The zero-order valence-corrected chi connectivity index (χ0v) is 9.14. The number of nitriles is 1. The number of aromatic nitrogens is 1. The molecule has 0 radical (unpaired) electrons. The molecule has 5 heteroatoms. The van der Waals surface area contributed by atoms with Crippen molar-refractivity contribution in [1.29, 1.82) is 5.26 Å². The van der Waals surface area contributed by atoms with E-state index in [9.17, 15) is 9.18 Å². The first-order valence-corrected chi connectivity index (χ1v) is 4.86. The molecule has 84 valence electrons. The van der Waals surface area contributed by atoms with Gasteiger partial charge in [-0.25, -0.2) is 4.98 Å². The minimum atomic E-state index is -0.702. The summed E-state index contributed by atoms with van der Waals surface area (Å²) in [4.78, 5) is 16.7. The zero-order valence-electron chi connectivity index (χ0n) is 9.14. The van der Waals surface area contributed by atoms with Crippen molar-refractivity contribution in [3.8, 4) is 6.07 Å². The van der Waals surface area contributed by atoms with Gasteiger partial charge >= 0.3 is 0 Å².